The van der Waals surface area contributed by atoms with Crippen LogP contribution in [0.15, 0.2) is 47.8 Å². The fourth-order valence-electron chi connectivity index (χ4n) is 6.96. The van der Waals surface area contributed by atoms with Crippen molar-refractivity contribution in [2.24, 2.45) is 28.6 Å². The van der Waals surface area contributed by atoms with Crippen molar-refractivity contribution >= 4 is 11.5 Å². The van der Waals surface area contributed by atoms with Gasteiger partial charge in [-0.2, -0.15) is 0 Å². The van der Waals surface area contributed by atoms with Gasteiger partial charge in [-0.25, -0.2) is 4.39 Å². The number of amides is 1. The van der Waals surface area contributed by atoms with Gasteiger partial charge in [0, 0.05) is 24.2 Å². The van der Waals surface area contributed by atoms with E-state index in [1.165, 1.54) is 22.9 Å². The Morgan fingerprint density at radius 3 is 2.79 bits per heavy atom. The molecule has 3 aliphatic carbocycles. The van der Waals surface area contributed by atoms with E-state index < -0.39 is 0 Å². The maximum atomic E-state index is 13.8. The molecule has 1 aromatic heterocycles. The molecule has 4 aliphatic rings. The van der Waals surface area contributed by atoms with E-state index in [2.05, 4.69) is 43.2 Å². The SMILES string of the molecule is CC1C[C@H]2C3=CC=C(c4cncc(F)c4)[C@@]3(C)CC[C@@H]2[C@@]2(C)CCNC(=O)C=C12. The molecule has 2 saturated carbocycles. The largest absolute Gasteiger partial charge is 0.353 e. The van der Waals surface area contributed by atoms with E-state index >= 15 is 0 Å². The Morgan fingerprint density at radius 2 is 2.00 bits per heavy atom. The Morgan fingerprint density at radius 1 is 1.17 bits per heavy atom. The first-order valence-electron chi connectivity index (χ1n) is 10.9. The molecule has 152 valence electrons. The zero-order chi connectivity index (χ0) is 20.4. The van der Waals surface area contributed by atoms with Crippen LogP contribution in [0.1, 0.15) is 52.0 Å². The Balaban J connectivity index is 1.52. The van der Waals surface area contributed by atoms with Gasteiger partial charge in [0.05, 0.1) is 6.20 Å². The van der Waals surface area contributed by atoms with Gasteiger partial charge < -0.3 is 5.32 Å². The number of hydrogen-bond donors (Lipinski definition) is 1. The topological polar surface area (TPSA) is 42.0 Å². The number of nitrogens with one attached hydrogen (secondary N) is 1. The summed E-state index contributed by atoms with van der Waals surface area (Å²) in [5, 5.41) is 3.05. The molecule has 1 aliphatic heterocycles. The van der Waals surface area contributed by atoms with Crippen LogP contribution in [0.25, 0.3) is 5.57 Å². The fourth-order valence-corrected chi connectivity index (χ4v) is 6.96. The van der Waals surface area contributed by atoms with Crippen molar-refractivity contribution in [3.05, 3.63) is 59.2 Å². The van der Waals surface area contributed by atoms with E-state index in [0.717, 1.165) is 37.8 Å². The molecule has 4 heteroatoms. The molecule has 0 radical (unpaired) electrons. The van der Waals surface area contributed by atoms with E-state index in [-0.39, 0.29) is 22.6 Å². The predicted octanol–water partition coefficient (Wildman–Crippen LogP) is 5.07. The molecule has 2 heterocycles. The van der Waals surface area contributed by atoms with Gasteiger partial charge in [-0.05, 0) is 66.1 Å². The van der Waals surface area contributed by atoms with Gasteiger partial charge in [-0.1, -0.05) is 44.1 Å². The zero-order valence-electron chi connectivity index (χ0n) is 17.5. The molecule has 0 bridgehead atoms. The Bertz CT molecular complexity index is 977. The summed E-state index contributed by atoms with van der Waals surface area (Å²) in [6.45, 7) is 7.75. The second-order valence-corrected chi connectivity index (χ2v) is 9.87. The van der Waals surface area contributed by atoms with Crippen molar-refractivity contribution < 1.29 is 9.18 Å². The second-order valence-electron chi connectivity index (χ2n) is 9.87. The lowest BCUT2D eigenvalue weighted by Crippen LogP contribution is -2.48. The van der Waals surface area contributed by atoms with Gasteiger partial charge in [0.15, 0.2) is 0 Å². The highest BCUT2D eigenvalue weighted by Crippen LogP contribution is 2.65. The molecule has 5 rings (SSSR count). The fraction of sp³-hybridized carbons (Fsp3) is 0.520. The van der Waals surface area contributed by atoms with Crippen molar-refractivity contribution in [1.29, 1.82) is 0 Å². The predicted molar refractivity (Wildman–Crippen MR) is 112 cm³/mol. The summed E-state index contributed by atoms with van der Waals surface area (Å²) in [5.41, 5.74) is 4.97. The van der Waals surface area contributed by atoms with Crippen LogP contribution in [0.3, 0.4) is 0 Å². The van der Waals surface area contributed by atoms with Crippen molar-refractivity contribution in [1.82, 2.24) is 10.3 Å². The maximum Gasteiger partial charge on any atom is 0.243 e. The molecule has 3 nitrogen and oxygen atoms in total. The van der Waals surface area contributed by atoms with Gasteiger partial charge in [0.25, 0.3) is 0 Å². The molecule has 0 spiro atoms. The third-order valence-electron chi connectivity index (χ3n) is 8.36. The van der Waals surface area contributed by atoms with Crippen LogP contribution in [0.2, 0.25) is 0 Å². The number of allylic oxidation sites excluding steroid dienone is 5. The molecule has 29 heavy (non-hydrogen) atoms. The monoisotopic (exact) mass is 392 g/mol. The first-order valence-corrected chi connectivity index (χ1v) is 10.9. The molecular formula is C25H29FN2O. The van der Waals surface area contributed by atoms with E-state index in [1.807, 2.05) is 6.08 Å². The van der Waals surface area contributed by atoms with Crippen LogP contribution in [-0.4, -0.2) is 17.4 Å². The minimum Gasteiger partial charge on any atom is -0.353 e. The van der Waals surface area contributed by atoms with Gasteiger partial charge in [-0.15, -0.1) is 0 Å². The molecule has 1 unspecified atom stereocenters. The third-order valence-corrected chi connectivity index (χ3v) is 8.36. The van der Waals surface area contributed by atoms with Crippen LogP contribution in [-0.2, 0) is 4.79 Å². The first kappa shape index (κ1) is 18.8. The number of carbonyl (C=O) groups is 1. The Labute approximate surface area is 172 Å². The molecule has 2 fully saturated rings. The van der Waals surface area contributed by atoms with Crippen LogP contribution in [0, 0.1) is 34.4 Å². The van der Waals surface area contributed by atoms with Crippen molar-refractivity contribution in [3.63, 3.8) is 0 Å². The quantitative estimate of drug-likeness (QED) is 0.725. The summed E-state index contributed by atoms with van der Waals surface area (Å²) in [4.78, 5) is 16.3. The molecule has 1 N–H and O–H groups in total. The van der Waals surface area contributed by atoms with Crippen molar-refractivity contribution in [2.45, 2.75) is 46.5 Å². The summed E-state index contributed by atoms with van der Waals surface area (Å²) in [5.74, 6) is 1.24. The van der Waals surface area contributed by atoms with Crippen LogP contribution >= 0.6 is 0 Å². The normalized spacial score (nSPS) is 38.6. The summed E-state index contributed by atoms with van der Waals surface area (Å²) in [7, 11) is 0. The number of halogens is 1. The summed E-state index contributed by atoms with van der Waals surface area (Å²) < 4.78 is 13.8. The smallest absolute Gasteiger partial charge is 0.243 e. The van der Waals surface area contributed by atoms with E-state index in [1.54, 1.807) is 12.3 Å². The van der Waals surface area contributed by atoms with Crippen LogP contribution in [0.5, 0.6) is 0 Å². The minimum absolute atomic E-state index is 0.0489. The number of aromatic nitrogens is 1. The standard InChI is InChI=1S/C25H29FN2O/c1-15-10-18-20-5-4-19(16-11-17(26)14-27-13-16)24(20,2)7-6-21(18)25(3)8-9-28-23(29)12-22(15)25/h4-5,11-15,18,21H,6-10H2,1-3H3,(H,28,29)/t15?,18-,21-,24+,25+/m0/s1. The maximum absolute atomic E-state index is 13.8. The lowest BCUT2D eigenvalue weighted by atomic mass is 9.47. The minimum atomic E-state index is -0.279. The number of fused-ring (bicyclic) bond motifs is 5. The van der Waals surface area contributed by atoms with Crippen LogP contribution < -0.4 is 5.32 Å². The van der Waals surface area contributed by atoms with Crippen molar-refractivity contribution in [3.8, 4) is 0 Å². The average Bonchev–Trinajstić information content (AvgIpc) is 2.94. The molecule has 5 atom stereocenters. The molecule has 0 aromatic carbocycles. The van der Waals surface area contributed by atoms with Gasteiger partial charge in [0.1, 0.15) is 5.82 Å². The molecule has 1 amide bonds. The zero-order valence-corrected chi connectivity index (χ0v) is 17.5. The molecule has 1 aromatic rings. The first-order chi connectivity index (χ1) is 13.8. The lowest BCUT2D eigenvalue weighted by molar-refractivity contribution is -0.116. The summed E-state index contributed by atoms with van der Waals surface area (Å²) in [6, 6.07) is 1.61. The third kappa shape index (κ3) is 2.68. The Hall–Kier alpha value is -2.23. The van der Waals surface area contributed by atoms with Gasteiger partial charge in [0.2, 0.25) is 5.91 Å². The molecule has 0 saturated heterocycles. The van der Waals surface area contributed by atoms with Crippen molar-refractivity contribution in [2.75, 3.05) is 6.54 Å². The van der Waals surface area contributed by atoms with Gasteiger partial charge >= 0.3 is 0 Å². The average molecular weight is 393 g/mol. The number of rotatable bonds is 1. The van der Waals surface area contributed by atoms with Crippen LogP contribution in [0.4, 0.5) is 4.39 Å². The number of pyridine rings is 1. The van der Waals surface area contributed by atoms with E-state index in [4.69, 9.17) is 0 Å². The number of hydrogen-bond acceptors (Lipinski definition) is 2. The van der Waals surface area contributed by atoms with E-state index in [0.29, 0.717) is 17.8 Å². The number of carbonyl (C=O) groups excluding carboxylic acids is 1. The second kappa shape index (κ2) is 6.38. The highest BCUT2D eigenvalue weighted by molar-refractivity contribution is 5.89. The number of nitrogens with zero attached hydrogens (tertiary/aromatic N) is 1. The lowest BCUT2D eigenvalue weighted by Gasteiger charge is -2.56. The highest BCUT2D eigenvalue weighted by atomic mass is 19.1. The van der Waals surface area contributed by atoms with Gasteiger partial charge in [-0.3, -0.25) is 9.78 Å². The highest BCUT2D eigenvalue weighted by Gasteiger charge is 2.55. The Kier molecular flexibility index (Phi) is 4.13. The summed E-state index contributed by atoms with van der Waals surface area (Å²) >= 11 is 0. The molecular weight excluding hydrogens is 363 g/mol. The van der Waals surface area contributed by atoms with E-state index in [9.17, 15) is 9.18 Å². The summed E-state index contributed by atoms with van der Waals surface area (Å²) in [6.07, 6.45) is 13.7.